The molecule has 3 heterocycles. The second kappa shape index (κ2) is 12.6. The number of hydrogen-bond acceptors (Lipinski definition) is 7. The second-order valence-corrected chi connectivity index (χ2v) is 10.3. The van der Waals surface area contributed by atoms with Gasteiger partial charge in [-0.1, -0.05) is 12.1 Å². The Kier molecular flexibility index (Phi) is 8.53. The highest BCUT2D eigenvalue weighted by Gasteiger charge is 2.24. The van der Waals surface area contributed by atoms with Crippen molar-refractivity contribution in [3.8, 4) is 6.07 Å². The number of carbonyl (C=O) groups excluding carboxylic acids is 3. The molecule has 0 atom stereocenters. The molecule has 2 saturated heterocycles. The van der Waals surface area contributed by atoms with Gasteiger partial charge in [-0.3, -0.25) is 14.4 Å². The Balaban J connectivity index is 1.29. The molecule has 3 amide bonds. The van der Waals surface area contributed by atoms with E-state index in [1.807, 2.05) is 35.2 Å². The van der Waals surface area contributed by atoms with Crippen LogP contribution in [-0.4, -0.2) is 68.4 Å². The van der Waals surface area contributed by atoms with E-state index in [-0.39, 0.29) is 17.6 Å². The predicted molar refractivity (Wildman–Crippen MR) is 156 cm³/mol. The van der Waals surface area contributed by atoms with Crippen LogP contribution in [0.3, 0.4) is 0 Å². The molecule has 1 aromatic heterocycles. The van der Waals surface area contributed by atoms with Crippen LogP contribution in [-0.2, 0) is 4.79 Å². The van der Waals surface area contributed by atoms with Gasteiger partial charge in [-0.25, -0.2) is 0 Å². The molecule has 0 unspecified atom stereocenters. The van der Waals surface area contributed by atoms with Crippen molar-refractivity contribution in [2.45, 2.75) is 26.2 Å². The third kappa shape index (κ3) is 6.52. The van der Waals surface area contributed by atoms with Crippen LogP contribution < -0.4 is 20.4 Å². The summed E-state index contributed by atoms with van der Waals surface area (Å²) < 4.78 is 5.51. The number of hydrogen-bond donors (Lipinski definition) is 2. The molecule has 10 heteroatoms. The van der Waals surface area contributed by atoms with E-state index in [1.54, 1.807) is 31.2 Å². The number of furan rings is 1. The maximum atomic E-state index is 13.0. The molecular formula is C31H34N6O4. The lowest BCUT2D eigenvalue weighted by Gasteiger charge is -2.38. The molecule has 41 heavy (non-hydrogen) atoms. The number of para-hydroxylation sites is 1. The molecule has 3 aromatic rings. The second-order valence-electron chi connectivity index (χ2n) is 10.3. The summed E-state index contributed by atoms with van der Waals surface area (Å²) in [6, 6.07) is 18.5. The number of anilines is 3. The first kappa shape index (κ1) is 27.8. The number of rotatable bonds is 9. The number of likely N-dealkylation sites (tertiary alicyclic amines) is 1. The molecule has 0 aliphatic carbocycles. The zero-order valence-corrected chi connectivity index (χ0v) is 23.2. The molecule has 10 nitrogen and oxygen atoms in total. The number of piperazine rings is 1. The zero-order valence-electron chi connectivity index (χ0n) is 23.2. The van der Waals surface area contributed by atoms with Crippen LogP contribution in [0.25, 0.3) is 0 Å². The Morgan fingerprint density at radius 1 is 0.951 bits per heavy atom. The normalized spacial score (nSPS) is 15.1. The zero-order chi connectivity index (χ0) is 28.8. The topological polar surface area (TPSA) is 122 Å². The van der Waals surface area contributed by atoms with E-state index in [2.05, 4.69) is 26.5 Å². The van der Waals surface area contributed by atoms with Crippen LogP contribution in [0.15, 0.2) is 59.0 Å². The molecule has 0 radical (unpaired) electrons. The Morgan fingerprint density at radius 2 is 1.71 bits per heavy atom. The Labute approximate surface area is 239 Å². The van der Waals surface area contributed by atoms with E-state index in [1.165, 1.54) is 0 Å². The van der Waals surface area contributed by atoms with Crippen LogP contribution in [0.5, 0.6) is 0 Å². The molecule has 2 aromatic carbocycles. The summed E-state index contributed by atoms with van der Waals surface area (Å²) in [5, 5.41) is 15.4. The molecule has 2 N–H and O–H groups in total. The summed E-state index contributed by atoms with van der Waals surface area (Å²) in [4.78, 5) is 44.0. The fourth-order valence-corrected chi connectivity index (χ4v) is 5.34. The summed E-state index contributed by atoms with van der Waals surface area (Å²) in [7, 11) is 0. The minimum absolute atomic E-state index is 0.175. The molecule has 2 fully saturated rings. The average molecular weight is 555 g/mol. The van der Waals surface area contributed by atoms with Crippen LogP contribution >= 0.6 is 0 Å². The van der Waals surface area contributed by atoms with Crippen molar-refractivity contribution in [1.82, 2.24) is 10.2 Å². The highest BCUT2D eigenvalue weighted by molar-refractivity contribution is 6.05. The highest BCUT2D eigenvalue weighted by Crippen LogP contribution is 2.30. The van der Waals surface area contributed by atoms with Gasteiger partial charge in [0.15, 0.2) is 5.76 Å². The van der Waals surface area contributed by atoms with Crippen molar-refractivity contribution in [2.75, 3.05) is 60.9 Å². The van der Waals surface area contributed by atoms with Gasteiger partial charge in [0, 0.05) is 57.8 Å². The number of nitrogens with one attached hydrogen (secondary N) is 2. The maximum Gasteiger partial charge on any atom is 0.291 e. The van der Waals surface area contributed by atoms with Crippen molar-refractivity contribution in [3.05, 3.63) is 77.2 Å². The molecule has 0 bridgehead atoms. The fourth-order valence-electron chi connectivity index (χ4n) is 5.34. The van der Waals surface area contributed by atoms with E-state index in [9.17, 15) is 19.6 Å². The van der Waals surface area contributed by atoms with Gasteiger partial charge >= 0.3 is 0 Å². The number of nitrogens with zero attached hydrogens (tertiary/aromatic N) is 4. The first-order valence-electron chi connectivity index (χ1n) is 14.0. The van der Waals surface area contributed by atoms with Crippen molar-refractivity contribution < 1.29 is 18.8 Å². The van der Waals surface area contributed by atoms with Gasteiger partial charge < -0.3 is 29.8 Å². The Hall–Kier alpha value is -4.78. The van der Waals surface area contributed by atoms with Crippen molar-refractivity contribution in [1.29, 1.82) is 5.26 Å². The van der Waals surface area contributed by atoms with Crippen LogP contribution in [0.2, 0.25) is 0 Å². The Bertz CT molecular complexity index is 1470. The number of carbonyl (C=O) groups is 3. The SMILES string of the molecule is Cc1ccc(C(=O)Nc2cc(C(=O)NCCCN3CCCC3=O)ccc2N2CCN(c3ccccc3C#N)CC2)o1. The number of benzene rings is 2. The van der Waals surface area contributed by atoms with E-state index < -0.39 is 5.91 Å². The van der Waals surface area contributed by atoms with E-state index in [0.29, 0.717) is 74.7 Å². The Morgan fingerprint density at radius 3 is 2.39 bits per heavy atom. The minimum atomic E-state index is -0.395. The quantitative estimate of drug-likeness (QED) is 0.386. The summed E-state index contributed by atoms with van der Waals surface area (Å²) in [5.41, 5.74) is 3.31. The van der Waals surface area contributed by atoms with Gasteiger partial charge in [-0.15, -0.1) is 0 Å². The molecule has 0 spiro atoms. The summed E-state index contributed by atoms with van der Waals surface area (Å²) in [5.74, 6) is 0.361. The largest absolute Gasteiger partial charge is 0.456 e. The molecule has 212 valence electrons. The lowest BCUT2D eigenvalue weighted by Crippen LogP contribution is -2.47. The maximum absolute atomic E-state index is 13.0. The molecule has 0 saturated carbocycles. The van der Waals surface area contributed by atoms with Crippen molar-refractivity contribution in [3.63, 3.8) is 0 Å². The lowest BCUT2D eigenvalue weighted by molar-refractivity contribution is -0.127. The molecular weight excluding hydrogens is 520 g/mol. The van der Waals surface area contributed by atoms with Gasteiger partial charge in [-0.05, 0) is 62.2 Å². The minimum Gasteiger partial charge on any atom is -0.456 e. The van der Waals surface area contributed by atoms with Crippen molar-refractivity contribution in [2.24, 2.45) is 0 Å². The number of amides is 3. The van der Waals surface area contributed by atoms with Gasteiger partial charge in [0.25, 0.3) is 11.8 Å². The molecule has 2 aliphatic heterocycles. The van der Waals surface area contributed by atoms with Crippen molar-refractivity contribution >= 4 is 34.8 Å². The van der Waals surface area contributed by atoms with Crippen LogP contribution in [0, 0.1) is 18.3 Å². The fraction of sp³-hybridized carbons (Fsp3) is 0.355. The van der Waals surface area contributed by atoms with E-state index in [0.717, 1.165) is 24.3 Å². The summed E-state index contributed by atoms with van der Waals surface area (Å²) >= 11 is 0. The molecule has 5 rings (SSSR count). The monoisotopic (exact) mass is 554 g/mol. The van der Waals surface area contributed by atoms with Gasteiger partial charge in [0.1, 0.15) is 11.8 Å². The van der Waals surface area contributed by atoms with E-state index >= 15 is 0 Å². The average Bonchev–Trinajstić information content (AvgIpc) is 3.62. The van der Waals surface area contributed by atoms with Gasteiger partial charge in [0.05, 0.1) is 22.6 Å². The van der Waals surface area contributed by atoms with Gasteiger partial charge in [-0.2, -0.15) is 5.26 Å². The summed E-state index contributed by atoms with van der Waals surface area (Å²) in [6.07, 6.45) is 2.18. The van der Waals surface area contributed by atoms with Crippen LogP contribution in [0.1, 0.15) is 51.5 Å². The standard InChI is InChI=1S/C31H34N6O4/c1-22-9-12-28(41-22)31(40)34-25-20-23(30(39)33-13-5-15-37-14-4-8-29(37)38)10-11-27(25)36-18-16-35(17-19-36)26-7-3-2-6-24(26)21-32/h2-3,6-7,9-12,20H,4-5,8,13-19H2,1H3,(H,33,39)(H,34,40). The third-order valence-corrected chi connectivity index (χ3v) is 7.52. The van der Waals surface area contributed by atoms with Crippen LogP contribution in [0.4, 0.5) is 17.1 Å². The first-order valence-corrected chi connectivity index (χ1v) is 14.0. The van der Waals surface area contributed by atoms with E-state index in [4.69, 9.17) is 4.42 Å². The summed E-state index contributed by atoms with van der Waals surface area (Å²) in [6.45, 7) is 6.38. The van der Waals surface area contributed by atoms with Gasteiger partial charge in [0.2, 0.25) is 5.91 Å². The highest BCUT2D eigenvalue weighted by atomic mass is 16.3. The number of aryl methyl sites for hydroxylation is 1. The predicted octanol–water partition coefficient (Wildman–Crippen LogP) is 3.78. The number of nitriles is 1. The third-order valence-electron chi connectivity index (χ3n) is 7.52. The lowest BCUT2D eigenvalue weighted by atomic mass is 10.1. The molecule has 2 aliphatic rings. The smallest absolute Gasteiger partial charge is 0.291 e. The first-order chi connectivity index (χ1) is 19.9.